The normalized spacial score (nSPS) is 13.9. The van der Waals surface area contributed by atoms with Crippen molar-refractivity contribution in [3.8, 4) is 0 Å². The molecule has 6 nitrogen and oxygen atoms in total. The summed E-state index contributed by atoms with van der Waals surface area (Å²) in [6.07, 6.45) is 2.12. The minimum Gasteiger partial charge on any atom is -0.337 e. The second kappa shape index (κ2) is 9.39. The van der Waals surface area contributed by atoms with E-state index in [0.717, 1.165) is 36.6 Å². The summed E-state index contributed by atoms with van der Waals surface area (Å²) in [7, 11) is 0. The monoisotopic (exact) mass is 414 g/mol. The molecule has 29 heavy (non-hydrogen) atoms. The lowest BCUT2D eigenvalue weighted by atomic mass is 10.0. The standard InChI is InChI=1S/C22H30N4O2S/c1-15(2)17-7-9-18(10-8-17)23-22(28)26(16(3)4)13-20-24-19(14-29-20)21(27)25-11-5-6-12-25/h7-10,14-16H,5-6,11-13H2,1-4H3,(H,23,28). The van der Waals surface area contributed by atoms with Crippen molar-refractivity contribution < 1.29 is 9.59 Å². The number of urea groups is 1. The molecule has 0 bridgehead atoms. The zero-order valence-corrected chi connectivity index (χ0v) is 18.5. The van der Waals surface area contributed by atoms with Crippen LogP contribution in [0.1, 0.15) is 67.5 Å². The quantitative estimate of drug-likeness (QED) is 0.728. The fourth-order valence-electron chi connectivity index (χ4n) is 3.35. The first-order valence-electron chi connectivity index (χ1n) is 10.3. The van der Waals surface area contributed by atoms with Gasteiger partial charge in [0.2, 0.25) is 0 Å². The predicted molar refractivity (Wildman–Crippen MR) is 117 cm³/mol. The summed E-state index contributed by atoms with van der Waals surface area (Å²) in [5.41, 5.74) is 2.50. The molecular formula is C22H30N4O2S. The number of nitrogens with one attached hydrogen (secondary N) is 1. The zero-order chi connectivity index (χ0) is 21.0. The average molecular weight is 415 g/mol. The minimum absolute atomic E-state index is 0.00390. The number of amides is 3. The maximum Gasteiger partial charge on any atom is 0.322 e. The molecule has 1 aliphatic rings. The number of likely N-dealkylation sites (tertiary alicyclic amines) is 1. The molecule has 2 aromatic rings. The molecule has 1 aromatic carbocycles. The lowest BCUT2D eigenvalue weighted by Crippen LogP contribution is -2.39. The molecule has 0 radical (unpaired) electrons. The molecule has 0 unspecified atom stereocenters. The lowest BCUT2D eigenvalue weighted by molar-refractivity contribution is 0.0787. The number of thiazole rings is 1. The van der Waals surface area contributed by atoms with Gasteiger partial charge in [0.15, 0.2) is 0 Å². The van der Waals surface area contributed by atoms with Crippen molar-refractivity contribution in [3.63, 3.8) is 0 Å². The summed E-state index contributed by atoms with van der Waals surface area (Å²) >= 11 is 1.43. The third-order valence-electron chi connectivity index (χ3n) is 5.18. The Morgan fingerprint density at radius 2 is 1.79 bits per heavy atom. The van der Waals surface area contributed by atoms with E-state index in [0.29, 0.717) is 18.2 Å². The van der Waals surface area contributed by atoms with Gasteiger partial charge in [0.25, 0.3) is 5.91 Å². The maximum atomic E-state index is 12.8. The van der Waals surface area contributed by atoms with Gasteiger partial charge in [-0.05, 0) is 50.3 Å². The van der Waals surface area contributed by atoms with Gasteiger partial charge < -0.3 is 15.1 Å². The van der Waals surface area contributed by atoms with E-state index in [4.69, 9.17) is 0 Å². The molecular weight excluding hydrogens is 384 g/mol. The van der Waals surface area contributed by atoms with Crippen molar-refractivity contribution in [2.75, 3.05) is 18.4 Å². The Labute approximate surface area is 176 Å². The smallest absolute Gasteiger partial charge is 0.322 e. The van der Waals surface area contributed by atoms with Crippen LogP contribution >= 0.6 is 11.3 Å². The highest BCUT2D eigenvalue weighted by molar-refractivity contribution is 7.09. The van der Waals surface area contributed by atoms with Crippen LogP contribution in [-0.4, -0.2) is 45.9 Å². The largest absolute Gasteiger partial charge is 0.337 e. The van der Waals surface area contributed by atoms with Crippen molar-refractivity contribution in [2.45, 2.75) is 59.0 Å². The summed E-state index contributed by atoms with van der Waals surface area (Å²) in [6.45, 7) is 10.2. The van der Waals surface area contributed by atoms with E-state index in [1.54, 1.807) is 10.3 Å². The molecule has 156 valence electrons. The highest BCUT2D eigenvalue weighted by atomic mass is 32.1. The number of benzene rings is 1. The number of aromatic nitrogens is 1. The summed E-state index contributed by atoms with van der Waals surface area (Å²) in [4.78, 5) is 33.4. The first-order valence-corrected chi connectivity index (χ1v) is 11.1. The maximum absolute atomic E-state index is 12.8. The van der Waals surface area contributed by atoms with Gasteiger partial charge in [0, 0.05) is 30.2 Å². The Bertz CT molecular complexity index is 839. The predicted octanol–water partition coefficient (Wildman–Crippen LogP) is 4.95. The SMILES string of the molecule is CC(C)c1ccc(NC(=O)N(Cc2nc(C(=O)N3CCCC3)cs2)C(C)C)cc1. The van der Waals surface area contributed by atoms with Crippen molar-refractivity contribution in [3.05, 3.63) is 45.9 Å². The number of nitrogens with zero attached hydrogens (tertiary/aromatic N) is 3. The van der Waals surface area contributed by atoms with Crippen molar-refractivity contribution >= 4 is 29.0 Å². The van der Waals surface area contributed by atoms with Gasteiger partial charge in [-0.2, -0.15) is 0 Å². The Hall–Kier alpha value is -2.41. The Morgan fingerprint density at radius 1 is 1.14 bits per heavy atom. The van der Waals surface area contributed by atoms with Gasteiger partial charge in [-0.15, -0.1) is 11.3 Å². The molecule has 7 heteroatoms. The van der Waals surface area contributed by atoms with Crippen LogP contribution < -0.4 is 5.32 Å². The lowest BCUT2D eigenvalue weighted by Gasteiger charge is -2.26. The first-order chi connectivity index (χ1) is 13.8. The third kappa shape index (κ3) is 5.35. The summed E-state index contributed by atoms with van der Waals surface area (Å²) < 4.78 is 0. The van der Waals surface area contributed by atoms with E-state index < -0.39 is 0 Å². The van der Waals surface area contributed by atoms with Crippen LogP contribution in [0.5, 0.6) is 0 Å². The molecule has 0 saturated carbocycles. The molecule has 3 rings (SSSR count). The van der Waals surface area contributed by atoms with E-state index in [9.17, 15) is 9.59 Å². The summed E-state index contributed by atoms with van der Waals surface area (Å²) in [5, 5.41) is 5.55. The van der Waals surface area contributed by atoms with Crippen LogP contribution in [0.3, 0.4) is 0 Å². The highest BCUT2D eigenvalue weighted by Crippen LogP contribution is 2.20. The second-order valence-electron chi connectivity index (χ2n) is 8.05. The van der Waals surface area contributed by atoms with Crippen LogP contribution in [0.15, 0.2) is 29.6 Å². The van der Waals surface area contributed by atoms with Gasteiger partial charge in [0.05, 0.1) is 6.54 Å². The van der Waals surface area contributed by atoms with Gasteiger partial charge in [-0.25, -0.2) is 9.78 Å². The molecule has 1 fully saturated rings. The fraction of sp³-hybridized carbons (Fsp3) is 0.500. The van der Waals surface area contributed by atoms with E-state index in [1.807, 2.05) is 43.0 Å². The summed E-state index contributed by atoms with van der Waals surface area (Å²) in [5.74, 6) is 0.449. The number of rotatable bonds is 6. The Morgan fingerprint density at radius 3 is 2.38 bits per heavy atom. The molecule has 0 aliphatic carbocycles. The minimum atomic E-state index is -0.167. The summed E-state index contributed by atoms with van der Waals surface area (Å²) in [6, 6.07) is 7.78. The van der Waals surface area contributed by atoms with E-state index in [-0.39, 0.29) is 18.0 Å². The molecule has 0 atom stereocenters. The molecule has 1 aromatic heterocycles. The van der Waals surface area contributed by atoms with Crippen LogP contribution in [0, 0.1) is 0 Å². The number of carbonyl (C=O) groups excluding carboxylic acids is 2. The number of carbonyl (C=O) groups is 2. The molecule has 1 N–H and O–H groups in total. The van der Waals surface area contributed by atoms with E-state index in [2.05, 4.69) is 24.1 Å². The van der Waals surface area contributed by atoms with Crippen molar-refractivity contribution in [1.82, 2.24) is 14.8 Å². The molecule has 2 heterocycles. The molecule has 1 saturated heterocycles. The number of hydrogen-bond acceptors (Lipinski definition) is 4. The van der Waals surface area contributed by atoms with Crippen LogP contribution in [0.25, 0.3) is 0 Å². The topological polar surface area (TPSA) is 65.5 Å². The van der Waals surface area contributed by atoms with E-state index >= 15 is 0 Å². The number of hydrogen-bond donors (Lipinski definition) is 1. The van der Waals surface area contributed by atoms with Gasteiger partial charge >= 0.3 is 6.03 Å². The van der Waals surface area contributed by atoms with Gasteiger partial charge in [0.1, 0.15) is 10.7 Å². The van der Waals surface area contributed by atoms with Crippen molar-refractivity contribution in [2.24, 2.45) is 0 Å². The number of anilines is 1. The zero-order valence-electron chi connectivity index (χ0n) is 17.6. The third-order valence-corrected chi connectivity index (χ3v) is 6.02. The first kappa shape index (κ1) is 21.3. The van der Waals surface area contributed by atoms with Crippen molar-refractivity contribution in [1.29, 1.82) is 0 Å². The Kier molecular flexibility index (Phi) is 6.90. The van der Waals surface area contributed by atoms with E-state index in [1.165, 1.54) is 16.9 Å². The van der Waals surface area contributed by atoms with Crippen LogP contribution in [-0.2, 0) is 6.54 Å². The molecule has 1 aliphatic heterocycles. The highest BCUT2D eigenvalue weighted by Gasteiger charge is 2.23. The second-order valence-corrected chi connectivity index (χ2v) is 9.00. The van der Waals surface area contributed by atoms with Crippen LogP contribution in [0.2, 0.25) is 0 Å². The van der Waals surface area contributed by atoms with Crippen LogP contribution in [0.4, 0.5) is 10.5 Å². The van der Waals surface area contributed by atoms with Gasteiger partial charge in [-0.1, -0.05) is 26.0 Å². The molecule has 0 spiro atoms. The fourth-order valence-corrected chi connectivity index (χ4v) is 4.11. The average Bonchev–Trinajstić information content (AvgIpc) is 3.38. The molecule has 3 amide bonds. The Balaban J connectivity index is 1.65. The van der Waals surface area contributed by atoms with Gasteiger partial charge in [-0.3, -0.25) is 4.79 Å².